The van der Waals surface area contributed by atoms with Crippen molar-refractivity contribution in [3.8, 4) is 0 Å². The zero-order chi connectivity index (χ0) is 18.1. The molecule has 0 spiro atoms. The molecule has 2 N–H and O–H groups in total. The Kier molecular flexibility index (Phi) is 11.1. The largest absolute Gasteiger partial charge is 0.383 e. The number of nitrogens with one attached hydrogen (secondary N) is 2. The van der Waals surface area contributed by atoms with Crippen molar-refractivity contribution in [2.45, 2.75) is 45.1 Å². The zero-order valence-electron chi connectivity index (χ0n) is 16.6. The van der Waals surface area contributed by atoms with Crippen LogP contribution in [0.4, 0.5) is 0 Å². The van der Waals surface area contributed by atoms with Crippen LogP contribution in [0.25, 0.3) is 0 Å². The van der Waals surface area contributed by atoms with Gasteiger partial charge in [-0.05, 0) is 31.2 Å². The molecule has 5 nitrogen and oxygen atoms in total. The SMILES string of the molecule is CCNC(=NCC(C)(C)c1cccs1)NCCN(CCOC)C1CC1.I. The first-order chi connectivity index (χ1) is 12.1. The molecule has 26 heavy (non-hydrogen) atoms. The number of thiophene rings is 1. The molecule has 2 rings (SSSR count). The summed E-state index contributed by atoms with van der Waals surface area (Å²) in [5.74, 6) is 0.912. The van der Waals surface area contributed by atoms with Crippen molar-refractivity contribution in [3.05, 3.63) is 22.4 Å². The van der Waals surface area contributed by atoms with Crippen molar-refractivity contribution < 1.29 is 4.74 Å². The maximum atomic E-state index is 5.23. The lowest BCUT2D eigenvalue weighted by molar-refractivity contribution is 0.144. The van der Waals surface area contributed by atoms with E-state index in [0.29, 0.717) is 0 Å². The van der Waals surface area contributed by atoms with Crippen LogP contribution in [0.5, 0.6) is 0 Å². The first-order valence-corrected chi connectivity index (χ1v) is 10.2. The Morgan fingerprint density at radius 2 is 2.12 bits per heavy atom. The van der Waals surface area contributed by atoms with Gasteiger partial charge in [0.1, 0.15) is 0 Å². The highest BCUT2D eigenvalue weighted by Crippen LogP contribution is 2.27. The molecule has 7 heteroatoms. The predicted octanol–water partition coefficient (Wildman–Crippen LogP) is 3.31. The third-order valence-electron chi connectivity index (χ3n) is 4.50. The first kappa shape index (κ1) is 23.7. The Hall–Kier alpha value is -0.380. The van der Waals surface area contributed by atoms with Crippen LogP contribution in [0.1, 0.15) is 38.5 Å². The summed E-state index contributed by atoms with van der Waals surface area (Å²) in [4.78, 5) is 8.72. The smallest absolute Gasteiger partial charge is 0.191 e. The van der Waals surface area contributed by atoms with Crippen LogP contribution in [0.3, 0.4) is 0 Å². The van der Waals surface area contributed by atoms with Crippen molar-refractivity contribution in [2.75, 3.05) is 46.4 Å². The van der Waals surface area contributed by atoms with Gasteiger partial charge in [-0.3, -0.25) is 9.89 Å². The summed E-state index contributed by atoms with van der Waals surface area (Å²) in [5, 5.41) is 8.98. The molecule has 0 aliphatic heterocycles. The van der Waals surface area contributed by atoms with Crippen LogP contribution in [-0.2, 0) is 10.2 Å². The Morgan fingerprint density at radius 1 is 1.35 bits per heavy atom. The second kappa shape index (κ2) is 12.2. The minimum absolute atomic E-state index is 0. The van der Waals surface area contributed by atoms with E-state index in [1.165, 1.54) is 17.7 Å². The lowest BCUT2D eigenvalue weighted by Crippen LogP contribution is -2.43. The monoisotopic (exact) mass is 494 g/mol. The molecule has 0 aromatic carbocycles. The fourth-order valence-corrected chi connectivity index (χ4v) is 3.65. The van der Waals surface area contributed by atoms with E-state index < -0.39 is 0 Å². The van der Waals surface area contributed by atoms with Crippen LogP contribution in [0, 0.1) is 0 Å². The molecular weight excluding hydrogens is 459 g/mol. The van der Waals surface area contributed by atoms with Crippen LogP contribution in [0.15, 0.2) is 22.5 Å². The van der Waals surface area contributed by atoms with E-state index in [4.69, 9.17) is 9.73 Å². The average molecular weight is 494 g/mol. The van der Waals surface area contributed by atoms with Crippen LogP contribution < -0.4 is 10.6 Å². The van der Waals surface area contributed by atoms with Crippen molar-refractivity contribution in [3.63, 3.8) is 0 Å². The van der Waals surface area contributed by atoms with Crippen LogP contribution >= 0.6 is 35.3 Å². The predicted molar refractivity (Wildman–Crippen MR) is 123 cm³/mol. The topological polar surface area (TPSA) is 48.9 Å². The van der Waals surface area contributed by atoms with E-state index in [2.05, 4.69) is 53.8 Å². The molecule has 1 fully saturated rings. The Labute approximate surface area is 180 Å². The van der Waals surface area contributed by atoms with Gasteiger partial charge in [0.15, 0.2) is 5.96 Å². The van der Waals surface area contributed by atoms with Gasteiger partial charge in [-0.1, -0.05) is 19.9 Å². The van der Waals surface area contributed by atoms with E-state index in [9.17, 15) is 0 Å². The number of hydrogen-bond acceptors (Lipinski definition) is 4. The molecule has 0 atom stereocenters. The lowest BCUT2D eigenvalue weighted by Gasteiger charge is -2.23. The molecule has 1 aromatic rings. The Balaban J connectivity index is 0.00000338. The van der Waals surface area contributed by atoms with Crippen molar-refractivity contribution in [1.29, 1.82) is 0 Å². The zero-order valence-corrected chi connectivity index (χ0v) is 19.7. The van der Waals surface area contributed by atoms with Crippen molar-refractivity contribution >= 4 is 41.3 Å². The first-order valence-electron chi connectivity index (χ1n) is 9.36. The number of methoxy groups -OCH3 is 1. The van der Waals surface area contributed by atoms with Gasteiger partial charge in [-0.15, -0.1) is 35.3 Å². The maximum Gasteiger partial charge on any atom is 0.191 e. The van der Waals surface area contributed by atoms with E-state index in [1.54, 1.807) is 18.4 Å². The lowest BCUT2D eigenvalue weighted by atomic mass is 9.92. The van der Waals surface area contributed by atoms with Gasteiger partial charge in [-0.25, -0.2) is 0 Å². The summed E-state index contributed by atoms with van der Waals surface area (Å²) in [6.45, 7) is 12.0. The molecule has 0 radical (unpaired) electrons. The number of ether oxygens (including phenoxy) is 1. The van der Waals surface area contributed by atoms with Gasteiger partial charge in [0.25, 0.3) is 0 Å². The number of hydrogen-bond donors (Lipinski definition) is 2. The maximum absolute atomic E-state index is 5.23. The third kappa shape index (κ3) is 8.10. The Bertz CT molecular complexity index is 518. The molecule has 0 saturated heterocycles. The van der Waals surface area contributed by atoms with E-state index in [-0.39, 0.29) is 29.4 Å². The summed E-state index contributed by atoms with van der Waals surface area (Å²) in [6.07, 6.45) is 2.65. The molecule has 1 saturated carbocycles. The minimum Gasteiger partial charge on any atom is -0.383 e. The Morgan fingerprint density at radius 3 is 2.69 bits per heavy atom. The highest BCUT2D eigenvalue weighted by molar-refractivity contribution is 14.0. The molecule has 150 valence electrons. The summed E-state index contributed by atoms with van der Waals surface area (Å²) in [7, 11) is 1.77. The van der Waals surface area contributed by atoms with Gasteiger partial charge in [0, 0.05) is 49.6 Å². The third-order valence-corrected chi connectivity index (χ3v) is 5.74. The van der Waals surface area contributed by atoms with Gasteiger partial charge in [0.05, 0.1) is 13.2 Å². The van der Waals surface area contributed by atoms with Crippen LogP contribution in [0.2, 0.25) is 0 Å². The molecule has 1 aliphatic rings. The summed E-state index contributed by atoms with van der Waals surface area (Å²) < 4.78 is 5.23. The molecule has 0 amide bonds. The van der Waals surface area contributed by atoms with Crippen molar-refractivity contribution in [1.82, 2.24) is 15.5 Å². The second-order valence-electron chi connectivity index (χ2n) is 7.24. The second-order valence-corrected chi connectivity index (χ2v) is 8.19. The summed E-state index contributed by atoms with van der Waals surface area (Å²) in [5.41, 5.74) is 0.0645. The number of guanidine groups is 1. The van der Waals surface area contributed by atoms with Gasteiger partial charge in [-0.2, -0.15) is 0 Å². The number of nitrogens with zero attached hydrogens (tertiary/aromatic N) is 2. The van der Waals surface area contributed by atoms with Crippen LogP contribution in [-0.4, -0.2) is 63.3 Å². The van der Waals surface area contributed by atoms with E-state index in [0.717, 1.165) is 51.3 Å². The number of aliphatic imine (C=N–C) groups is 1. The fraction of sp³-hybridized carbons (Fsp3) is 0.737. The highest BCUT2D eigenvalue weighted by Gasteiger charge is 2.28. The van der Waals surface area contributed by atoms with Gasteiger partial charge < -0.3 is 15.4 Å². The highest BCUT2D eigenvalue weighted by atomic mass is 127. The molecule has 1 aromatic heterocycles. The molecule has 1 heterocycles. The molecule has 0 bridgehead atoms. The molecule has 0 unspecified atom stereocenters. The minimum atomic E-state index is 0. The normalized spacial score (nSPS) is 15.0. The quantitative estimate of drug-likeness (QED) is 0.282. The van der Waals surface area contributed by atoms with E-state index in [1.807, 2.05) is 0 Å². The molecular formula is C19H35IN4OS. The molecule has 1 aliphatic carbocycles. The van der Waals surface area contributed by atoms with Crippen molar-refractivity contribution in [2.24, 2.45) is 4.99 Å². The summed E-state index contributed by atoms with van der Waals surface area (Å²) >= 11 is 1.81. The number of halogens is 1. The van der Waals surface area contributed by atoms with E-state index >= 15 is 0 Å². The van der Waals surface area contributed by atoms with Gasteiger partial charge in [0.2, 0.25) is 0 Å². The fourth-order valence-electron chi connectivity index (χ4n) is 2.80. The number of rotatable bonds is 11. The summed E-state index contributed by atoms with van der Waals surface area (Å²) in [6, 6.07) is 5.07. The standard InChI is InChI=1S/C19H34N4OS.HI/c1-5-20-18(22-15-19(2,3)17-7-6-14-25-17)21-10-11-23(12-13-24-4)16-8-9-16;/h6-7,14,16H,5,8-13,15H2,1-4H3,(H2,20,21,22);1H. The average Bonchev–Trinajstić information content (AvgIpc) is 3.27. The van der Waals surface area contributed by atoms with Gasteiger partial charge >= 0.3 is 0 Å².